The van der Waals surface area contributed by atoms with Gasteiger partial charge in [0.1, 0.15) is 0 Å². The fourth-order valence-electron chi connectivity index (χ4n) is 1.25. The average molecular weight is 282 g/mol. The molecule has 0 fully saturated rings. The Labute approximate surface area is 73.9 Å². The Morgan fingerprint density at radius 2 is 2.33 bits per heavy atom. The second-order valence-electron chi connectivity index (χ2n) is 2.56. The van der Waals surface area contributed by atoms with Gasteiger partial charge in [0.25, 0.3) is 0 Å². The van der Waals surface area contributed by atoms with Crippen molar-refractivity contribution in [2.75, 3.05) is 0 Å². The molecule has 4 nitrogen and oxygen atoms in total. The van der Waals surface area contributed by atoms with Gasteiger partial charge >= 0.3 is 73.7 Å². The molecule has 0 radical (unpaired) electrons. The van der Waals surface area contributed by atoms with Crippen molar-refractivity contribution >= 4 is 25.2 Å². The molecule has 12 heavy (non-hydrogen) atoms. The fraction of sp³-hybridized carbons (Fsp3) is 0.286. The Bertz CT molecular complexity index is 352. The summed E-state index contributed by atoms with van der Waals surface area (Å²) < 4.78 is 25.3. The first kappa shape index (κ1) is 8.06. The van der Waals surface area contributed by atoms with E-state index < -0.39 is 25.2 Å². The van der Waals surface area contributed by atoms with E-state index in [9.17, 15) is 11.3 Å². The van der Waals surface area contributed by atoms with Gasteiger partial charge in [-0.25, -0.2) is 0 Å². The van der Waals surface area contributed by atoms with Crippen LogP contribution >= 0.6 is 19.3 Å². The minimum absolute atomic E-state index is 0.301. The molecule has 0 aromatic rings. The van der Waals surface area contributed by atoms with E-state index in [4.69, 9.17) is 0 Å². The Kier molecular flexibility index (Phi) is 1.65. The first-order valence-corrected chi connectivity index (χ1v) is 7.26. The first-order valence-electron chi connectivity index (χ1n) is 3.46. The van der Waals surface area contributed by atoms with Crippen molar-refractivity contribution in [1.82, 2.24) is 0 Å². The fourth-order valence-corrected chi connectivity index (χ4v) is 4.42. The molecule has 0 saturated heterocycles. The summed E-state index contributed by atoms with van der Waals surface area (Å²) in [6, 6.07) is 0. The summed E-state index contributed by atoms with van der Waals surface area (Å²) in [5.41, 5.74) is 0.301. The Morgan fingerprint density at radius 3 is 3.00 bits per heavy atom. The number of hydrogen-bond acceptors (Lipinski definition) is 3. The molecule has 0 bridgehead atoms. The quantitative estimate of drug-likeness (QED) is 0.681. The topological polar surface area (TPSA) is 63.6 Å². The molecule has 1 aliphatic carbocycles. The van der Waals surface area contributed by atoms with Gasteiger partial charge in [0, 0.05) is 0 Å². The van der Waals surface area contributed by atoms with Crippen LogP contribution in [0.4, 0.5) is 0 Å². The molecular weight excluding hydrogens is 275 g/mol. The summed E-state index contributed by atoms with van der Waals surface area (Å²) in [5.74, 6) is -0.644. The molecule has 1 N–H and O–H groups in total. The van der Waals surface area contributed by atoms with E-state index in [1.165, 1.54) is 0 Å². The van der Waals surface area contributed by atoms with Gasteiger partial charge in [-0.2, -0.15) is 0 Å². The van der Waals surface area contributed by atoms with Crippen molar-refractivity contribution in [2.24, 2.45) is 0 Å². The normalized spacial score (nSPS) is 38.9. The number of carbonyl (C=O) groups excluding carboxylic acids is 1. The molecule has 1 unspecified atom stereocenters. The van der Waals surface area contributed by atoms with Gasteiger partial charge in [0.05, 0.1) is 0 Å². The summed E-state index contributed by atoms with van der Waals surface area (Å²) in [6.07, 6.45) is 4.57. The van der Waals surface area contributed by atoms with E-state index in [0.29, 0.717) is 22.0 Å². The SMILES string of the molecule is O=C1OI(=O)(O)C2=C1C=CCC2. The van der Waals surface area contributed by atoms with Crippen LogP contribution in [-0.4, -0.2) is 9.41 Å². The van der Waals surface area contributed by atoms with Gasteiger partial charge in [-0.3, -0.25) is 0 Å². The maximum atomic E-state index is 11.3. The molecule has 2 aliphatic rings. The summed E-state index contributed by atoms with van der Waals surface area (Å²) in [7, 11) is 0. The third-order valence-electron chi connectivity index (χ3n) is 1.79. The van der Waals surface area contributed by atoms with E-state index in [1.807, 2.05) is 6.08 Å². The zero-order valence-electron chi connectivity index (χ0n) is 6.12. The standard InChI is InChI=1S/C7H7IO4/c9-7-5-3-1-2-4-6(5)8(10,11)12-7/h1,3H,2,4H2,(H,10,11). The second-order valence-corrected chi connectivity index (χ2v) is 6.82. The van der Waals surface area contributed by atoms with Crippen LogP contribution in [0.25, 0.3) is 0 Å². The van der Waals surface area contributed by atoms with Crippen LogP contribution < -0.4 is 0 Å². The van der Waals surface area contributed by atoms with E-state index in [1.54, 1.807) is 6.08 Å². The van der Waals surface area contributed by atoms with E-state index >= 15 is 0 Å². The van der Waals surface area contributed by atoms with Gasteiger partial charge < -0.3 is 0 Å². The third kappa shape index (κ3) is 1.04. The number of hydrogen-bond donors (Lipinski definition) is 1. The molecule has 0 aromatic heterocycles. The van der Waals surface area contributed by atoms with Gasteiger partial charge in [0.2, 0.25) is 0 Å². The molecule has 0 aromatic carbocycles. The summed E-state index contributed by atoms with van der Waals surface area (Å²) in [4.78, 5) is 11.0. The maximum absolute atomic E-state index is 11.3. The van der Waals surface area contributed by atoms with Crippen LogP contribution in [0.1, 0.15) is 12.8 Å². The predicted molar refractivity (Wildman–Crippen MR) is 48.4 cm³/mol. The summed E-state index contributed by atoms with van der Waals surface area (Å²) in [5, 5.41) is 0. The number of halogens is 1. The van der Waals surface area contributed by atoms with Crippen molar-refractivity contribution in [2.45, 2.75) is 12.8 Å². The predicted octanol–water partition coefficient (Wildman–Crippen LogP) is 1.36. The van der Waals surface area contributed by atoms with Crippen molar-refractivity contribution in [1.29, 1.82) is 0 Å². The molecule has 66 valence electrons. The van der Waals surface area contributed by atoms with Crippen LogP contribution in [0.3, 0.4) is 0 Å². The molecule has 0 amide bonds. The second kappa shape index (κ2) is 2.46. The molecule has 2 rings (SSSR count). The first-order chi connectivity index (χ1) is 5.61. The van der Waals surface area contributed by atoms with Crippen LogP contribution in [0.5, 0.6) is 0 Å². The molecule has 1 heterocycles. The van der Waals surface area contributed by atoms with Gasteiger partial charge in [-0.1, -0.05) is 0 Å². The van der Waals surface area contributed by atoms with Crippen LogP contribution in [-0.2, 0) is 10.9 Å². The zero-order valence-corrected chi connectivity index (χ0v) is 8.28. The number of allylic oxidation sites excluding steroid dienone is 2. The van der Waals surface area contributed by atoms with Crippen molar-refractivity contribution in [3.63, 3.8) is 0 Å². The average Bonchev–Trinajstić information content (AvgIpc) is 2.25. The van der Waals surface area contributed by atoms with Gasteiger partial charge in [0.15, 0.2) is 0 Å². The number of carbonyl (C=O) groups is 1. The molecule has 5 heteroatoms. The van der Waals surface area contributed by atoms with Crippen LogP contribution in [0.2, 0.25) is 0 Å². The summed E-state index contributed by atoms with van der Waals surface area (Å²) in [6.45, 7) is 0. The molecular formula is C7H7IO4. The van der Waals surface area contributed by atoms with Crippen LogP contribution in [0.15, 0.2) is 21.3 Å². The van der Waals surface area contributed by atoms with Crippen molar-refractivity contribution in [3.8, 4) is 0 Å². The molecule has 0 spiro atoms. The molecule has 0 saturated carbocycles. The Balaban J connectivity index is 2.56. The van der Waals surface area contributed by atoms with Gasteiger partial charge in [-0.15, -0.1) is 0 Å². The van der Waals surface area contributed by atoms with E-state index in [0.717, 1.165) is 0 Å². The van der Waals surface area contributed by atoms with Gasteiger partial charge in [-0.05, 0) is 0 Å². The molecule has 1 atom stereocenters. The monoisotopic (exact) mass is 282 g/mol. The third-order valence-corrected chi connectivity index (χ3v) is 5.55. The van der Waals surface area contributed by atoms with Crippen molar-refractivity contribution in [3.05, 3.63) is 21.3 Å². The minimum atomic E-state index is -4.46. The Hall–Kier alpha value is -0.560. The molecule has 1 aliphatic heterocycles. The summed E-state index contributed by atoms with van der Waals surface area (Å²) >= 11 is -4.46. The van der Waals surface area contributed by atoms with E-state index in [2.05, 4.69) is 3.07 Å². The Morgan fingerprint density at radius 1 is 1.58 bits per heavy atom. The zero-order chi connectivity index (χ0) is 8.77. The number of rotatable bonds is 0. The van der Waals surface area contributed by atoms with Crippen LogP contribution in [0, 0.1) is 0 Å². The van der Waals surface area contributed by atoms with Crippen molar-refractivity contribution < 1.29 is 14.4 Å². The van der Waals surface area contributed by atoms with E-state index in [-0.39, 0.29) is 0 Å².